The topological polar surface area (TPSA) is 121 Å². The third-order valence-corrected chi connectivity index (χ3v) is 4.34. The summed E-state index contributed by atoms with van der Waals surface area (Å²) in [6, 6.07) is 0. The van der Waals surface area contributed by atoms with Gasteiger partial charge >= 0.3 is 71.1 Å². The Morgan fingerprint density at radius 1 is 1.00 bits per heavy atom. The Labute approximate surface area is 168 Å². The zero-order chi connectivity index (χ0) is 14.3. The van der Waals surface area contributed by atoms with Gasteiger partial charge in [-0.15, -0.1) is 0 Å². The first-order valence-electron chi connectivity index (χ1n) is 6.18. The number of carboxylic acids is 2. The predicted molar refractivity (Wildman–Crippen MR) is 63.2 cm³/mol. The molecule has 0 unspecified atom stereocenters. The first-order valence-corrected chi connectivity index (χ1v) is 6.18. The Balaban J connectivity index is -0.000001000. The molecule has 1 heterocycles. The second-order valence-electron chi connectivity index (χ2n) is 5.26. The molecule has 108 valence electrons. The zero-order valence-corrected chi connectivity index (χ0v) is 16.3. The van der Waals surface area contributed by atoms with E-state index in [-0.39, 0.29) is 81.2 Å². The van der Waals surface area contributed by atoms with Crippen LogP contribution in [-0.2, 0) is 19.2 Å². The minimum Gasteiger partial charge on any atom is -1.00 e. The fourth-order valence-electron chi connectivity index (χ4n) is 3.47. The van der Waals surface area contributed by atoms with Gasteiger partial charge in [0, 0.05) is 11.8 Å². The summed E-state index contributed by atoms with van der Waals surface area (Å²) in [6.07, 6.45) is 2.42. The second kappa shape index (κ2) is 7.57. The number of hydrogen-bond donors (Lipinski definition) is 3. The molecule has 1 aliphatic carbocycles. The summed E-state index contributed by atoms with van der Waals surface area (Å²) < 4.78 is 0. The maximum atomic E-state index is 12.0. The number of amides is 2. The van der Waals surface area contributed by atoms with E-state index in [1.807, 2.05) is 5.32 Å². The summed E-state index contributed by atoms with van der Waals surface area (Å²) in [7, 11) is 0. The molecule has 0 bridgehead atoms. The average Bonchev–Trinajstić information content (AvgIpc) is 2.27. The van der Waals surface area contributed by atoms with Crippen molar-refractivity contribution in [2.75, 3.05) is 0 Å². The Bertz CT molecular complexity index is 468. The Hall–Kier alpha value is 0.0800. The van der Waals surface area contributed by atoms with Crippen molar-refractivity contribution in [1.82, 2.24) is 5.32 Å². The van der Waals surface area contributed by atoms with Gasteiger partial charge in [0.25, 0.3) is 5.91 Å². The number of hydrogen-bond acceptors (Lipinski definition) is 4. The Morgan fingerprint density at radius 2 is 1.48 bits per heavy atom. The number of aliphatic carboxylic acids is 2. The van der Waals surface area contributed by atoms with Gasteiger partial charge in [-0.2, -0.15) is 0 Å². The van der Waals surface area contributed by atoms with Crippen LogP contribution in [-0.4, -0.2) is 34.0 Å². The van der Waals surface area contributed by atoms with Gasteiger partial charge in [-0.1, -0.05) is 19.3 Å². The van der Waals surface area contributed by atoms with Crippen molar-refractivity contribution < 1.29 is 91.4 Å². The van der Waals surface area contributed by atoms with E-state index in [2.05, 4.69) is 0 Å². The minimum atomic E-state index is -2.55. The third kappa shape index (κ3) is 3.09. The summed E-state index contributed by atoms with van der Waals surface area (Å²) >= 11 is 0. The molecule has 2 rings (SSSR count). The first kappa shape index (κ1) is 21.1. The number of imide groups is 1. The van der Waals surface area contributed by atoms with Crippen LogP contribution in [0.25, 0.3) is 0 Å². The normalized spacial score (nSPS) is 22.5. The molecule has 0 aromatic carbocycles. The molecule has 1 saturated carbocycles. The van der Waals surface area contributed by atoms with Gasteiger partial charge < -0.3 is 13.1 Å². The molecule has 0 radical (unpaired) electrons. The van der Waals surface area contributed by atoms with Gasteiger partial charge in [-0.25, -0.2) is 0 Å². The van der Waals surface area contributed by atoms with E-state index in [0.717, 1.165) is 6.42 Å². The molecule has 3 N–H and O–H groups in total. The van der Waals surface area contributed by atoms with E-state index in [1.54, 1.807) is 0 Å². The van der Waals surface area contributed by atoms with Crippen LogP contribution in [0.5, 0.6) is 0 Å². The molecule has 2 amide bonds. The van der Waals surface area contributed by atoms with Crippen molar-refractivity contribution in [3.63, 3.8) is 0 Å². The molecule has 1 spiro atoms. The SMILES string of the molecule is O=C1CC2(CCCCC2)C(C(=O)O)(C(=O)O)C(=O)N1.[H-].[H-].[Na+].[Na+]. The van der Waals surface area contributed by atoms with E-state index < -0.39 is 34.6 Å². The van der Waals surface area contributed by atoms with Crippen molar-refractivity contribution in [2.45, 2.75) is 38.5 Å². The van der Waals surface area contributed by atoms with Crippen molar-refractivity contribution in [2.24, 2.45) is 10.8 Å². The minimum absolute atomic E-state index is 0. The van der Waals surface area contributed by atoms with Gasteiger partial charge in [0.15, 0.2) is 0 Å². The standard InChI is InChI=1S/C12H15NO6.2Na.2H/c14-7-6-11(4-2-1-3-5-11)12(9(16)17,10(18)19)8(15)13-7;;;;/h1-6H2,(H,16,17)(H,18,19)(H,13,14,15);;;;/q;2*+1;2*-1. The van der Waals surface area contributed by atoms with Crippen LogP contribution in [0, 0.1) is 10.8 Å². The smallest absolute Gasteiger partial charge is 1.00 e. The first-order chi connectivity index (χ1) is 8.87. The van der Waals surface area contributed by atoms with E-state index >= 15 is 0 Å². The summed E-state index contributed by atoms with van der Waals surface area (Å²) in [5.41, 5.74) is -3.86. The third-order valence-electron chi connectivity index (χ3n) is 4.34. The van der Waals surface area contributed by atoms with Crippen LogP contribution in [0.15, 0.2) is 0 Å². The van der Waals surface area contributed by atoms with E-state index in [4.69, 9.17) is 0 Å². The Kier molecular flexibility index (Phi) is 7.60. The van der Waals surface area contributed by atoms with Gasteiger partial charge in [0.05, 0.1) is 0 Å². The largest absolute Gasteiger partial charge is 1.00 e. The van der Waals surface area contributed by atoms with Crippen LogP contribution in [0.1, 0.15) is 41.4 Å². The second-order valence-corrected chi connectivity index (χ2v) is 5.26. The molecular formula is C12H17NNa2O6. The van der Waals surface area contributed by atoms with Gasteiger partial charge in [-0.3, -0.25) is 24.5 Å². The number of carbonyl (C=O) groups excluding carboxylic acids is 2. The van der Waals surface area contributed by atoms with Gasteiger partial charge in [0.2, 0.25) is 11.3 Å². The Morgan fingerprint density at radius 3 is 1.90 bits per heavy atom. The summed E-state index contributed by atoms with van der Waals surface area (Å²) in [4.78, 5) is 46.7. The molecular weight excluding hydrogens is 300 g/mol. The van der Waals surface area contributed by atoms with E-state index in [9.17, 15) is 29.4 Å². The summed E-state index contributed by atoms with van der Waals surface area (Å²) in [5, 5.41) is 20.6. The molecule has 2 fully saturated rings. The molecule has 2 aliphatic rings. The molecule has 0 aromatic heterocycles. The molecule has 21 heavy (non-hydrogen) atoms. The zero-order valence-electron chi connectivity index (χ0n) is 14.3. The van der Waals surface area contributed by atoms with Crippen molar-refractivity contribution in [3.8, 4) is 0 Å². The van der Waals surface area contributed by atoms with Crippen molar-refractivity contribution in [1.29, 1.82) is 0 Å². The predicted octanol–water partition coefficient (Wildman–Crippen LogP) is -5.63. The monoisotopic (exact) mass is 317 g/mol. The average molecular weight is 317 g/mol. The van der Waals surface area contributed by atoms with Crippen LogP contribution < -0.4 is 64.4 Å². The fraction of sp³-hybridized carbons (Fsp3) is 0.667. The molecule has 0 atom stereocenters. The van der Waals surface area contributed by atoms with Gasteiger partial charge in [0.1, 0.15) is 0 Å². The van der Waals surface area contributed by atoms with Crippen LogP contribution >= 0.6 is 0 Å². The number of rotatable bonds is 2. The quantitative estimate of drug-likeness (QED) is 0.265. The maximum absolute atomic E-state index is 12.0. The van der Waals surface area contributed by atoms with Crippen LogP contribution in [0.2, 0.25) is 0 Å². The van der Waals surface area contributed by atoms with Crippen LogP contribution in [0.4, 0.5) is 0 Å². The molecule has 1 aliphatic heterocycles. The van der Waals surface area contributed by atoms with E-state index in [0.29, 0.717) is 12.8 Å². The van der Waals surface area contributed by atoms with Crippen molar-refractivity contribution >= 4 is 23.8 Å². The molecule has 0 aromatic rings. The number of carboxylic acid groups (broad SMARTS) is 2. The fourth-order valence-corrected chi connectivity index (χ4v) is 3.47. The number of nitrogens with one attached hydrogen (secondary N) is 1. The number of piperidine rings is 1. The number of carbonyl (C=O) groups is 4. The van der Waals surface area contributed by atoms with E-state index in [1.165, 1.54) is 0 Å². The molecule has 7 nitrogen and oxygen atoms in total. The van der Waals surface area contributed by atoms with Gasteiger partial charge in [-0.05, 0) is 12.8 Å². The maximum Gasteiger partial charge on any atom is 1.00 e. The summed E-state index contributed by atoms with van der Waals surface area (Å²) in [6.45, 7) is 0. The molecule has 1 saturated heterocycles. The summed E-state index contributed by atoms with van der Waals surface area (Å²) in [5.74, 6) is -5.19. The molecule has 9 heteroatoms. The van der Waals surface area contributed by atoms with Crippen LogP contribution in [0.3, 0.4) is 0 Å². The van der Waals surface area contributed by atoms with Crippen molar-refractivity contribution in [3.05, 3.63) is 0 Å².